The van der Waals surface area contributed by atoms with Crippen molar-refractivity contribution in [1.82, 2.24) is 10.5 Å². The van der Waals surface area contributed by atoms with E-state index >= 15 is 0 Å². The van der Waals surface area contributed by atoms with E-state index in [1.54, 1.807) is 25.1 Å². The quantitative estimate of drug-likeness (QED) is 0.837. The Kier molecular flexibility index (Phi) is 4.75. The van der Waals surface area contributed by atoms with Gasteiger partial charge in [0, 0.05) is 17.2 Å². The van der Waals surface area contributed by atoms with Gasteiger partial charge >= 0.3 is 0 Å². The number of hydrogen-bond donors (Lipinski definition) is 2. The first-order chi connectivity index (χ1) is 10.1. The molecular formula is C16H17N3O2. The average Bonchev–Trinajstić information content (AvgIpc) is 2.89. The highest BCUT2D eigenvalue weighted by Gasteiger charge is 2.08. The second kappa shape index (κ2) is 6.73. The van der Waals surface area contributed by atoms with Gasteiger partial charge in [0.1, 0.15) is 11.5 Å². The standard InChI is InChI=1S/C16H17N3O2/c1-11-5-6-14(9-13(11)4-3-7-17)16(20)18-10-15-8-12(2)21-19-15/h5-6,8-9H,7,10,17H2,1-2H3,(H,18,20). The number of benzene rings is 1. The zero-order valence-corrected chi connectivity index (χ0v) is 12.1. The number of carbonyl (C=O) groups is 1. The van der Waals surface area contributed by atoms with Gasteiger partial charge in [-0.25, -0.2) is 0 Å². The van der Waals surface area contributed by atoms with Crippen LogP contribution < -0.4 is 11.1 Å². The van der Waals surface area contributed by atoms with E-state index < -0.39 is 0 Å². The number of hydrogen-bond acceptors (Lipinski definition) is 4. The van der Waals surface area contributed by atoms with Crippen LogP contribution in [0.3, 0.4) is 0 Å². The Labute approximate surface area is 123 Å². The molecule has 1 amide bonds. The summed E-state index contributed by atoms with van der Waals surface area (Å²) in [6.07, 6.45) is 0. The van der Waals surface area contributed by atoms with Crippen molar-refractivity contribution >= 4 is 5.91 Å². The van der Waals surface area contributed by atoms with Crippen molar-refractivity contribution in [2.45, 2.75) is 20.4 Å². The van der Waals surface area contributed by atoms with Gasteiger partial charge in [-0.1, -0.05) is 23.1 Å². The summed E-state index contributed by atoms with van der Waals surface area (Å²) in [5, 5.41) is 6.62. The fourth-order valence-electron chi connectivity index (χ4n) is 1.82. The van der Waals surface area contributed by atoms with E-state index in [-0.39, 0.29) is 5.91 Å². The van der Waals surface area contributed by atoms with Crippen molar-refractivity contribution in [2.24, 2.45) is 5.73 Å². The van der Waals surface area contributed by atoms with Gasteiger partial charge in [0.15, 0.2) is 0 Å². The highest BCUT2D eigenvalue weighted by Crippen LogP contribution is 2.10. The molecule has 2 aromatic rings. The molecule has 0 saturated heterocycles. The predicted octanol–water partition coefficient (Wildman–Crippen LogP) is 1.53. The zero-order chi connectivity index (χ0) is 15.2. The van der Waals surface area contributed by atoms with Gasteiger partial charge in [0.2, 0.25) is 0 Å². The van der Waals surface area contributed by atoms with Crippen LogP contribution in [0.1, 0.15) is 32.9 Å². The Morgan fingerprint density at radius 2 is 2.19 bits per heavy atom. The van der Waals surface area contributed by atoms with E-state index in [2.05, 4.69) is 22.3 Å². The van der Waals surface area contributed by atoms with Crippen LogP contribution in [0.25, 0.3) is 0 Å². The Morgan fingerprint density at radius 1 is 1.38 bits per heavy atom. The number of nitrogens with two attached hydrogens (primary N) is 1. The van der Waals surface area contributed by atoms with Crippen molar-refractivity contribution in [2.75, 3.05) is 6.54 Å². The maximum Gasteiger partial charge on any atom is 0.251 e. The number of rotatable bonds is 3. The van der Waals surface area contributed by atoms with Crippen LogP contribution in [-0.4, -0.2) is 17.6 Å². The minimum Gasteiger partial charge on any atom is -0.361 e. The second-order valence-electron chi connectivity index (χ2n) is 4.65. The van der Waals surface area contributed by atoms with Gasteiger partial charge in [-0.2, -0.15) is 0 Å². The van der Waals surface area contributed by atoms with Crippen LogP contribution in [0.5, 0.6) is 0 Å². The molecule has 0 bridgehead atoms. The molecule has 108 valence electrons. The lowest BCUT2D eigenvalue weighted by Gasteiger charge is -2.05. The molecule has 0 saturated carbocycles. The first kappa shape index (κ1) is 14.8. The molecule has 0 aliphatic heterocycles. The first-order valence-electron chi connectivity index (χ1n) is 6.60. The van der Waals surface area contributed by atoms with E-state index in [9.17, 15) is 4.79 Å². The normalized spacial score (nSPS) is 9.86. The lowest BCUT2D eigenvalue weighted by molar-refractivity contribution is 0.0950. The molecule has 5 heteroatoms. The number of aryl methyl sites for hydroxylation is 2. The molecule has 0 unspecified atom stereocenters. The molecule has 0 fully saturated rings. The van der Waals surface area contributed by atoms with Gasteiger partial charge in [-0.3, -0.25) is 4.79 Å². The number of nitrogens with one attached hydrogen (secondary N) is 1. The lowest BCUT2D eigenvalue weighted by atomic mass is 10.0. The largest absolute Gasteiger partial charge is 0.361 e. The Balaban J connectivity index is 2.08. The van der Waals surface area contributed by atoms with Crippen molar-refractivity contribution in [3.63, 3.8) is 0 Å². The van der Waals surface area contributed by atoms with E-state index in [0.29, 0.717) is 30.1 Å². The molecule has 2 rings (SSSR count). The minimum absolute atomic E-state index is 0.175. The molecule has 0 spiro atoms. The van der Waals surface area contributed by atoms with Gasteiger partial charge < -0.3 is 15.6 Å². The molecule has 3 N–H and O–H groups in total. The number of amides is 1. The van der Waals surface area contributed by atoms with Crippen LogP contribution in [0.15, 0.2) is 28.8 Å². The van der Waals surface area contributed by atoms with Crippen molar-refractivity contribution in [1.29, 1.82) is 0 Å². The number of carbonyl (C=O) groups excluding carboxylic acids is 1. The molecule has 0 aliphatic rings. The van der Waals surface area contributed by atoms with Gasteiger partial charge in [0.05, 0.1) is 13.1 Å². The summed E-state index contributed by atoms with van der Waals surface area (Å²) in [7, 11) is 0. The lowest BCUT2D eigenvalue weighted by Crippen LogP contribution is -2.23. The predicted molar refractivity (Wildman–Crippen MR) is 79.5 cm³/mol. The van der Waals surface area contributed by atoms with Crippen LogP contribution in [0, 0.1) is 25.7 Å². The molecular weight excluding hydrogens is 266 g/mol. The maximum absolute atomic E-state index is 12.1. The van der Waals surface area contributed by atoms with E-state index in [1.807, 2.05) is 13.0 Å². The van der Waals surface area contributed by atoms with E-state index in [0.717, 1.165) is 11.1 Å². The van der Waals surface area contributed by atoms with Crippen LogP contribution in [0.2, 0.25) is 0 Å². The molecule has 0 aliphatic carbocycles. The van der Waals surface area contributed by atoms with Crippen LogP contribution >= 0.6 is 0 Å². The smallest absolute Gasteiger partial charge is 0.251 e. The second-order valence-corrected chi connectivity index (χ2v) is 4.65. The SMILES string of the molecule is Cc1cc(CNC(=O)c2ccc(C)c(C#CCN)c2)no1. The fraction of sp³-hybridized carbons (Fsp3) is 0.250. The van der Waals surface area contributed by atoms with Crippen molar-refractivity contribution < 1.29 is 9.32 Å². The van der Waals surface area contributed by atoms with Gasteiger partial charge in [-0.05, 0) is 31.5 Å². The maximum atomic E-state index is 12.1. The summed E-state index contributed by atoms with van der Waals surface area (Å²) < 4.78 is 4.95. The summed E-state index contributed by atoms with van der Waals surface area (Å²) >= 11 is 0. The summed E-state index contributed by atoms with van der Waals surface area (Å²) in [4.78, 5) is 12.1. The Hall–Kier alpha value is -2.58. The molecule has 0 atom stereocenters. The summed E-state index contributed by atoms with van der Waals surface area (Å²) in [5.74, 6) is 6.30. The topological polar surface area (TPSA) is 81.2 Å². The average molecular weight is 283 g/mol. The first-order valence-corrected chi connectivity index (χ1v) is 6.60. The zero-order valence-electron chi connectivity index (χ0n) is 12.1. The highest BCUT2D eigenvalue weighted by molar-refractivity contribution is 5.94. The van der Waals surface area contributed by atoms with Crippen LogP contribution in [0.4, 0.5) is 0 Å². The highest BCUT2D eigenvalue weighted by atomic mass is 16.5. The summed E-state index contributed by atoms with van der Waals surface area (Å²) in [6, 6.07) is 7.19. The molecule has 1 aromatic heterocycles. The Bertz CT molecular complexity index is 708. The summed E-state index contributed by atoms with van der Waals surface area (Å²) in [6.45, 7) is 4.37. The van der Waals surface area contributed by atoms with E-state index in [1.165, 1.54) is 0 Å². The monoisotopic (exact) mass is 283 g/mol. The fourth-order valence-corrected chi connectivity index (χ4v) is 1.82. The minimum atomic E-state index is -0.175. The molecule has 1 heterocycles. The molecule has 5 nitrogen and oxygen atoms in total. The molecule has 0 radical (unpaired) electrons. The third kappa shape index (κ3) is 3.94. The third-order valence-electron chi connectivity index (χ3n) is 2.93. The number of nitrogens with zero attached hydrogens (tertiary/aromatic N) is 1. The van der Waals surface area contributed by atoms with Crippen LogP contribution in [-0.2, 0) is 6.54 Å². The molecule has 1 aromatic carbocycles. The molecule has 21 heavy (non-hydrogen) atoms. The van der Waals surface area contributed by atoms with Crippen molar-refractivity contribution in [3.05, 3.63) is 52.4 Å². The van der Waals surface area contributed by atoms with Gasteiger partial charge in [0.25, 0.3) is 5.91 Å². The number of aromatic nitrogens is 1. The van der Waals surface area contributed by atoms with E-state index in [4.69, 9.17) is 10.3 Å². The Morgan fingerprint density at radius 3 is 2.86 bits per heavy atom. The third-order valence-corrected chi connectivity index (χ3v) is 2.93. The summed E-state index contributed by atoms with van der Waals surface area (Å²) in [5.41, 5.74) is 8.44. The van der Waals surface area contributed by atoms with Gasteiger partial charge in [-0.15, -0.1) is 0 Å². The van der Waals surface area contributed by atoms with Crippen molar-refractivity contribution in [3.8, 4) is 11.8 Å².